The predicted molar refractivity (Wildman–Crippen MR) is 60.0 cm³/mol. The summed E-state index contributed by atoms with van der Waals surface area (Å²) in [5.74, 6) is 0. The van der Waals surface area contributed by atoms with Crippen LogP contribution in [0.25, 0.3) is 5.57 Å². The molecule has 78 valence electrons. The number of nitrogens with zero attached hydrogens (tertiary/aromatic N) is 2. The Bertz CT molecular complexity index is 421. The zero-order chi connectivity index (χ0) is 10.7. The lowest BCUT2D eigenvalue weighted by atomic mass is 9.91. The molecule has 15 heavy (non-hydrogen) atoms. The molecule has 1 aromatic heterocycles. The van der Waals surface area contributed by atoms with Crippen molar-refractivity contribution in [2.24, 2.45) is 5.16 Å². The van der Waals surface area contributed by atoms with E-state index in [1.54, 1.807) is 6.20 Å². The van der Waals surface area contributed by atoms with Gasteiger partial charge in [-0.05, 0) is 55.0 Å². The maximum absolute atomic E-state index is 8.75. The van der Waals surface area contributed by atoms with E-state index >= 15 is 0 Å². The normalized spacial score (nSPS) is 19.0. The lowest BCUT2D eigenvalue weighted by Gasteiger charge is -2.14. The highest BCUT2D eigenvalue weighted by Gasteiger charge is 2.12. The number of aromatic nitrogens is 1. The van der Waals surface area contributed by atoms with Gasteiger partial charge in [-0.3, -0.25) is 4.98 Å². The Hall–Kier alpha value is -1.64. The first-order valence-electron chi connectivity index (χ1n) is 5.14. The van der Waals surface area contributed by atoms with Crippen molar-refractivity contribution in [3.8, 4) is 0 Å². The van der Waals surface area contributed by atoms with E-state index < -0.39 is 0 Å². The third-order valence-electron chi connectivity index (χ3n) is 2.73. The van der Waals surface area contributed by atoms with Gasteiger partial charge < -0.3 is 5.21 Å². The van der Waals surface area contributed by atoms with Crippen molar-refractivity contribution in [3.63, 3.8) is 0 Å². The molecule has 1 aliphatic carbocycles. The van der Waals surface area contributed by atoms with Crippen LogP contribution in [0.4, 0.5) is 0 Å². The zero-order valence-electron chi connectivity index (χ0n) is 8.77. The molecule has 1 aliphatic rings. The van der Waals surface area contributed by atoms with Crippen molar-refractivity contribution in [2.45, 2.75) is 26.2 Å². The molecule has 0 bridgehead atoms. The van der Waals surface area contributed by atoms with Gasteiger partial charge in [0.15, 0.2) is 0 Å². The first kappa shape index (κ1) is 9.90. The van der Waals surface area contributed by atoms with Gasteiger partial charge >= 0.3 is 0 Å². The van der Waals surface area contributed by atoms with Crippen molar-refractivity contribution in [2.75, 3.05) is 0 Å². The molecule has 0 aromatic carbocycles. The van der Waals surface area contributed by atoms with Crippen molar-refractivity contribution >= 4 is 11.3 Å². The minimum Gasteiger partial charge on any atom is -0.411 e. The Morgan fingerprint density at radius 3 is 3.00 bits per heavy atom. The molecule has 0 saturated heterocycles. The molecule has 2 rings (SSSR count). The van der Waals surface area contributed by atoms with Crippen LogP contribution in [0, 0.1) is 6.92 Å². The van der Waals surface area contributed by atoms with Crippen LogP contribution in [0.1, 0.15) is 30.4 Å². The van der Waals surface area contributed by atoms with Gasteiger partial charge in [0.1, 0.15) is 0 Å². The Morgan fingerprint density at radius 2 is 2.27 bits per heavy atom. The Labute approximate surface area is 89.2 Å². The van der Waals surface area contributed by atoms with Gasteiger partial charge in [-0.1, -0.05) is 5.16 Å². The van der Waals surface area contributed by atoms with E-state index in [1.165, 1.54) is 16.7 Å². The van der Waals surface area contributed by atoms with Gasteiger partial charge in [0.05, 0.1) is 5.71 Å². The van der Waals surface area contributed by atoms with Gasteiger partial charge in [-0.2, -0.15) is 0 Å². The molecule has 1 aromatic rings. The second-order valence-electron chi connectivity index (χ2n) is 3.81. The summed E-state index contributed by atoms with van der Waals surface area (Å²) in [6, 6.07) is 2.00. The summed E-state index contributed by atoms with van der Waals surface area (Å²) in [5.41, 5.74) is 4.37. The molecule has 0 saturated carbocycles. The monoisotopic (exact) mass is 202 g/mol. The fourth-order valence-corrected chi connectivity index (χ4v) is 1.90. The molecule has 0 radical (unpaired) electrons. The van der Waals surface area contributed by atoms with Crippen LogP contribution in [0.2, 0.25) is 0 Å². The fourth-order valence-electron chi connectivity index (χ4n) is 1.90. The highest BCUT2D eigenvalue weighted by molar-refractivity contribution is 6.02. The van der Waals surface area contributed by atoms with Crippen LogP contribution >= 0.6 is 0 Å². The smallest absolute Gasteiger partial charge is 0.0798 e. The molecule has 0 unspecified atom stereocenters. The number of hydrogen-bond acceptors (Lipinski definition) is 3. The Kier molecular flexibility index (Phi) is 2.81. The Morgan fingerprint density at radius 1 is 1.40 bits per heavy atom. The van der Waals surface area contributed by atoms with Gasteiger partial charge in [0.25, 0.3) is 0 Å². The number of rotatable bonds is 1. The molecular formula is C12H14N2O. The molecular weight excluding hydrogens is 188 g/mol. The second-order valence-corrected chi connectivity index (χ2v) is 3.81. The summed E-state index contributed by atoms with van der Waals surface area (Å²) in [7, 11) is 0. The highest BCUT2D eigenvalue weighted by atomic mass is 16.4. The fraction of sp³-hybridized carbons (Fsp3) is 0.333. The molecule has 3 nitrogen and oxygen atoms in total. The molecule has 3 heteroatoms. The molecule has 0 amide bonds. The number of allylic oxidation sites excluding steroid dienone is 2. The first-order valence-corrected chi connectivity index (χ1v) is 5.14. The predicted octanol–water partition coefficient (Wildman–Crippen LogP) is 2.79. The van der Waals surface area contributed by atoms with Crippen molar-refractivity contribution in [1.29, 1.82) is 0 Å². The lowest BCUT2D eigenvalue weighted by Crippen LogP contribution is -2.04. The van der Waals surface area contributed by atoms with Crippen molar-refractivity contribution in [1.82, 2.24) is 4.98 Å². The quantitative estimate of drug-likeness (QED) is 0.562. The van der Waals surface area contributed by atoms with E-state index in [2.05, 4.69) is 17.1 Å². The first-order chi connectivity index (χ1) is 7.31. The summed E-state index contributed by atoms with van der Waals surface area (Å²) in [6.45, 7) is 2.07. The van der Waals surface area contributed by atoms with Gasteiger partial charge in [0, 0.05) is 12.4 Å². The summed E-state index contributed by atoms with van der Waals surface area (Å²) in [4.78, 5) is 4.13. The molecule has 0 fully saturated rings. The molecule has 0 atom stereocenters. The third-order valence-corrected chi connectivity index (χ3v) is 2.73. The average Bonchev–Trinajstić information content (AvgIpc) is 2.30. The van der Waals surface area contributed by atoms with E-state index in [4.69, 9.17) is 5.21 Å². The maximum atomic E-state index is 8.75. The van der Waals surface area contributed by atoms with Crippen LogP contribution in [0.5, 0.6) is 0 Å². The zero-order valence-corrected chi connectivity index (χ0v) is 8.77. The van der Waals surface area contributed by atoms with Crippen molar-refractivity contribution < 1.29 is 5.21 Å². The lowest BCUT2D eigenvalue weighted by molar-refractivity contribution is 0.318. The second kappa shape index (κ2) is 4.26. The maximum Gasteiger partial charge on any atom is 0.0798 e. The number of pyridine rings is 1. The minimum absolute atomic E-state index is 0.763. The largest absolute Gasteiger partial charge is 0.411 e. The number of hydrogen-bond donors (Lipinski definition) is 1. The van der Waals surface area contributed by atoms with Crippen LogP contribution < -0.4 is 0 Å². The SMILES string of the molecule is Cc1ccncc1C1=C/C(=N/O)CCC1. The number of aryl methyl sites for hydroxylation is 1. The Balaban J connectivity index is 2.39. The van der Waals surface area contributed by atoms with E-state index in [0.717, 1.165) is 25.0 Å². The highest BCUT2D eigenvalue weighted by Crippen LogP contribution is 2.27. The van der Waals surface area contributed by atoms with Crippen LogP contribution in [0.3, 0.4) is 0 Å². The number of oxime groups is 1. The van der Waals surface area contributed by atoms with Gasteiger partial charge in [-0.15, -0.1) is 0 Å². The van der Waals surface area contributed by atoms with Crippen molar-refractivity contribution in [3.05, 3.63) is 35.7 Å². The van der Waals surface area contributed by atoms with E-state index in [-0.39, 0.29) is 0 Å². The van der Waals surface area contributed by atoms with Crippen LogP contribution in [-0.2, 0) is 0 Å². The van der Waals surface area contributed by atoms with Crippen LogP contribution in [-0.4, -0.2) is 15.9 Å². The van der Waals surface area contributed by atoms with E-state index in [0.29, 0.717) is 0 Å². The molecule has 1 heterocycles. The van der Waals surface area contributed by atoms with Gasteiger partial charge in [0.2, 0.25) is 0 Å². The standard InChI is InChI=1S/C12H14N2O/c1-9-5-6-13-8-12(9)10-3-2-4-11(7-10)14-15/h5-8,15H,2-4H2,1H3/b14-11+. The van der Waals surface area contributed by atoms with E-state index in [9.17, 15) is 0 Å². The summed E-state index contributed by atoms with van der Waals surface area (Å²) < 4.78 is 0. The molecule has 0 spiro atoms. The topological polar surface area (TPSA) is 45.5 Å². The van der Waals surface area contributed by atoms with Crippen LogP contribution in [0.15, 0.2) is 29.7 Å². The van der Waals surface area contributed by atoms with E-state index in [1.807, 2.05) is 18.3 Å². The third kappa shape index (κ3) is 2.06. The van der Waals surface area contributed by atoms with Gasteiger partial charge in [-0.25, -0.2) is 0 Å². The molecule has 1 N–H and O–H groups in total. The summed E-state index contributed by atoms with van der Waals surface area (Å²) in [5, 5.41) is 12.0. The summed E-state index contributed by atoms with van der Waals surface area (Å²) in [6.07, 6.45) is 8.57. The molecule has 0 aliphatic heterocycles. The average molecular weight is 202 g/mol. The minimum atomic E-state index is 0.763. The summed E-state index contributed by atoms with van der Waals surface area (Å²) >= 11 is 0.